The number of anilines is 2. The Morgan fingerprint density at radius 3 is 2.37 bits per heavy atom. The first-order valence-corrected chi connectivity index (χ1v) is 12.9. The number of rotatable bonds is 8. The van der Waals surface area contributed by atoms with Crippen LogP contribution >= 0.6 is 11.6 Å². The van der Waals surface area contributed by atoms with Crippen molar-refractivity contribution in [2.45, 2.75) is 19.6 Å². The lowest BCUT2D eigenvalue weighted by Crippen LogP contribution is -2.20. The molecule has 0 saturated carbocycles. The number of hydrogen-bond acceptors (Lipinski definition) is 6. The largest absolute Gasteiger partial charge is 0.497 e. The highest BCUT2D eigenvalue weighted by Crippen LogP contribution is 2.40. The van der Waals surface area contributed by atoms with Gasteiger partial charge in [-0.1, -0.05) is 29.8 Å². The number of aromatic nitrogens is 4. The van der Waals surface area contributed by atoms with Crippen LogP contribution in [-0.4, -0.2) is 40.5 Å². The molecule has 5 aromatic rings. The molecule has 7 nitrogen and oxygen atoms in total. The van der Waals surface area contributed by atoms with Crippen LogP contribution in [0.4, 0.5) is 29.2 Å². The maximum absolute atomic E-state index is 15.4. The van der Waals surface area contributed by atoms with Gasteiger partial charge in [-0.2, -0.15) is 18.3 Å². The third-order valence-electron chi connectivity index (χ3n) is 6.52. The highest BCUT2D eigenvalue weighted by Gasteiger charge is 2.32. The van der Waals surface area contributed by atoms with Crippen molar-refractivity contribution in [3.05, 3.63) is 88.8 Å². The second kappa shape index (κ2) is 11.2. The molecule has 0 aliphatic heterocycles. The van der Waals surface area contributed by atoms with E-state index >= 15 is 4.39 Å². The van der Waals surface area contributed by atoms with Gasteiger partial charge in [-0.05, 0) is 55.0 Å². The minimum atomic E-state index is -4.55. The molecule has 5 rings (SSSR count). The van der Waals surface area contributed by atoms with Gasteiger partial charge in [0.15, 0.2) is 0 Å². The summed E-state index contributed by atoms with van der Waals surface area (Å²) in [6.45, 7) is 2.35. The van der Waals surface area contributed by atoms with Gasteiger partial charge in [-0.15, -0.1) is 0 Å². The van der Waals surface area contributed by atoms with Crippen molar-refractivity contribution >= 4 is 34.3 Å². The number of alkyl halides is 3. The molecule has 3 aromatic carbocycles. The molecular weight excluding hydrogens is 562 g/mol. The lowest BCUT2D eigenvalue weighted by Gasteiger charge is -2.24. The number of methoxy groups -OCH3 is 2. The first-order valence-electron chi connectivity index (χ1n) is 12.5. The third-order valence-corrected chi connectivity index (χ3v) is 6.83. The maximum atomic E-state index is 15.4. The fourth-order valence-electron chi connectivity index (χ4n) is 4.53. The molecule has 2 aromatic heterocycles. The SMILES string of the molecule is CCN(c1nc(-c2c(F)cccc2OC)c2c(cnn2Cc2ccc(OC)cc2)n1)c1ccc(C(F)(F)F)cc1Cl. The zero-order valence-electron chi connectivity index (χ0n) is 22.2. The predicted octanol–water partition coefficient (Wildman–Crippen LogP) is 7.53. The number of ether oxygens (including phenoxy) is 2. The van der Waals surface area contributed by atoms with E-state index in [9.17, 15) is 13.2 Å². The second-order valence-corrected chi connectivity index (χ2v) is 9.39. The summed E-state index contributed by atoms with van der Waals surface area (Å²) in [6, 6.07) is 14.9. The van der Waals surface area contributed by atoms with E-state index < -0.39 is 17.6 Å². The van der Waals surface area contributed by atoms with Crippen LogP contribution in [0.3, 0.4) is 0 Å². The average molecular weight is 586 g/mol. The quantitative estimate of drug-likeness (QED) is 0.175. The standard InChI is InChI=1S/C29H24ClF4N5O2/c1-4-38(23-13-10-18(14-20(23)30)29(32,33)34)28-36-22-15-35-39(16-17-8-11-19(40-2)12-9-17)27(22)26(37-28)25-21(31)6-5-7-24(25)41-3/h5-15H,4,16H2,1-3H3. The van der Waals surface area contributed by atoms with Gasteiger partial charge in [0.05, 0.1) is 48.8 Å². The van der Waals surface area contributed by atoms with Gasteiger partial charge in [-0.3, -0.25) is 4.68 Å². The van der Waals surface area contributed by atoms with E-state index in [0.29, 0.717) is 23.3 Å². The molecule has 0 unspecified atom stereocenters. The van der Waals surface area contributed by atoms with Gasteiger partial charge in [0, 0.05) is 6.54 Å². The van der Waals surface area contributed by atoms with E-state index in [-0.39, 0.29) is 40.2 Å². The molecule has 212 valence electrons. The minimum Gasteiger partial charge on any atom is -0.497 e. The van der Waals surface area contributed by atoms with Gasteiger partial charge >= 0.3 is 6.18 Å². The van der Waals surface area contributed by atoms with E-state index in [2.05, 4.69) is 10.1 Å². The van der Waals surface area contributed by atoms with Crippen molar-refractivity contribution < 1.29 is 27.0 Å². The fourth-order valence-corrected chi connectivity index (χ4v) is 4.81. The number of nitrogens with zero attached hydrogens (tertiary/aromatic N) is 5. The normalized spacial score (nSPS) is 11.6. The van der Waals surface area contributed by atoms with Crippen molar-refractivity contribution in [3.8, 4) is 22.8 Å². The van der Waals surface area contributed by atoms with Crippen LogP contribution in [-0.2, 0) is 12.7 Å². The van der Waals surface area contributed by atoms with Crippen LogP contribution in [0.5, 0.6) is 11.5 Å². The zero-order valence-corrected chi connectivity index (χ0v) is 23.0. The number of fused-ring (bicyclic) bond motifs is 1. The van der Waals surface area contributed by atoms with Crippen LogP contribution in [0.1, 0.15) is 18.1 Å². The Balaban J connectivity index is 1.70. The lowest BCUT2D eigenvalue weighted by atomic mass is 10.1. The van der Waals surface area contributed by atoms with Crippen molar-refractivity contribution in [2.24, 2.45) is 0 Å². The van der Waals surface area contributed by atoms with Crippen LogP contribution in [0.2, 0.25) is 5.02 Å². The van der Waals surface area contributed by atoms with Crippen LogP contribution in [0.25, 0.3) is 22.3 Å². The van der Waals surface area contributed by atoms with Crippen LogP contribution < -0.4 is 14.4 Å². The smallest absolute Gasteiger partial charge is 0.416 e. The highest BCUT2D eigenvalue weighted by molar-refractivity contribution is 6.33. The van der Waals surface area contributed by atoms with Crippen LogP contribution in [0.15, 0.2) is 66.9 Å². The number of hydrogen-bond donors (Lipinski definition) is 0. The van der Waals surface area contributed by atoms with Gasteiger partial charge < -0.3 is 14.4 Å². The third kappa shape index (κ3) is 5.49. The van der Waals surface area contributed by atoms with E-state index in [4.69, 9.17) is 26.1 Å². The molecule has 0 radical (unpaired) electrons. The first kappa shape index (κ1) is 28.2. The molecule has 0 N–H and O–H groups in total. The molecule has 0 saturated heterocycles. The second-order valence-electron chi connectivity index (χ2n) is 8.98. The van der Waals surface area contributed by atoms with Crippen molar-refractivity contribution in [3.63, 3.8) is 0 Å². The molecule has 2 heterocycles. The van der Waals surface area contributed by atoms with Crippen molar-refractivity contribution in [1.29, 1.82) is 0 Å². The molecule has 0 fully saturated rings. The number of halogens is 5. The van der Waals surface area contributed by atoms with Crippen molar-refractivity contribution in [2.75, 3.05) is 25.7 Å². The summed E-state index contributed by atoms with van der Waals surface area (Å²) in [7, 11) is 3.00. The van der Waals surface area contributed by atoms with E-state index in [1.165, 1.54) is 31.5 Å². The molecule has 12 heteroatoms. The Bertz CT molecular complexity index is 1710. The molecule has 0 amide bonds. The predicted molar refractivity (Wildman–Crippen MR) is 148 cm³/mol. The summed E-state index contributed by atoms with van der Waals surface area (Å²) in [6.07, 6.45) is -3.02. The Morgan fingerprint density at radius 1 is 0.976 bits per heavy atom. The Hall–Kier alpha value is -4.38. The summed E-state index contributed by atoms with van der Waals surface area (Å²) >= 11 is 6.32. The van der Waals surface area contributed by atoms with E-state index in [0.717, 1.165) is 17.7 Å². The van der Waals surface area contributed by atoms with Gasteiger partial charge in [0.25, 0.3) is 0 Å². The topological polar surface area (TPSA) is 65.3 Å². The summed E-state index contributed by atoms with van der Waals surface area (Å²) < 4.78 is 67.6. The zero-order chi connectivity index (χ0) is 29.3. The Labute approximate surface area is 237 Å². The Kier molecular flexibility index (Phi) is 7.72. The maximum Gasteiger partial charge on any atom is 0.416 e. The molecule has 0 aliphatic rings. The molecule has 0 bridgehead atoms. The van der Waals surface area contributed by atoms with E-state index in [1.54, 1.807) is 29.7 Å². The summed E-state index contributed by atoms with van der Waals surface area (Å²) in [5, 5.41) is 4.38. The molecule has 0 spiro atoms. The molecule has 0 atom stereocenters. The summed E-state index contributed by atoms with van der Waals surface area (Å²) in [4.78, 5) is 11.0. The van der Waals surface area contributed by atoms with E-state index in [1.807, 2.05) is 24.3 Å². The minimum absolute atomic E-state index is 0.0923. The molecule has 0 aliphatic carbocycles. The summed E-state index contributed by atoms with van der Waals surface area (Å²) in [5.41, 5.74) is 1.42. The first-order chi connectivity index (χ1) is 19.6. The lowest BCUT2D eigenvalue weighted by molar-refractivity contribution is -0.137. The summed E-state index contributed by atoms with van der Waals surface area (Å²) in [5.74, 6) is 0.461. The van der Waals surface area contributed by atoms with Crippen molar-refractivity contribution in [1.82, 2.24) is 19.7 Å². The monoisotopic (exact) mass is 585 g/mol. The Morgan fingerprint density at radius 2 is 1.73 bits per heavy atom. The molecule has 41 heavy (non-hydrogen) atoms. The number of benzene rings is 3. The van der Waals surface area contributed by atoms with Gasteiger partial charge in [0.2, 0.25) is 5.95 Å². The van der Waals surface area contributed by atoms with Gasteiger partial charge in [-0.25, -0.2) is 14.4 Å². The molecular formula is C29H24ClF4N5O2. The van der Waals surface area contributed by atoms with Gasteiger partial charge in [0.1, 0.15) is 34.0 Å². The fraction of sp³-hybridized carbons (Fsp3) is 0.207. The highest BCUT2D eigenvalue weighted by atomic mass is 35.5. The average Bonchev–Trinajstić information content (AvgIpc) is 3.36. The van der Waals surface area contributed by atoms with Crippen LogP contribution in [0, 0.1) is 5.82 Å².